The minimum atomic E-state index is 1.16. The zero-order valence-electron chi connectivity index (χ0n) is 27.6. The summed E-state index contributed by atoms with van der Waals surface area (Å²) in [4.78, 5) is 0. The summed E-state index contributed by atoms with van der Waals surface area (Å²) in [5.41, 5.74) is 12.1. The molecule has 0 fully saturated rings. The van der Waals surface area contributed by atoms with E-state index in [-0.39, 0.29) is 0 Å². The predicted octanol–water partition coefficient (Wildman–Crippen LogP) is 13.6. The van der Waals surface area contributed by atoms with Crippen LogP contribution < -0.4 is 0 Å². The molecule has 2 nitrogen and oxygen atoms in total. The van der Waals surface area contributed by atoms with Gasteiger partial charge in [-0.1, -0.05) is 115 Å². The fourth-order valence-corrected chi connectivity index (χ4v) is 9.37. The highest BCUT2D eigenvalue weighted by Gasteiger charge is 2.17. The zero-order valence-corrected chi connectivity index (χ0v) is 28.4. The Labute approximate surface area is 298 Å². The van der Waals surface area contributed by atoms with Crippen molar-refractivity contribution in [3.63, 3.8) is 0 Å². The summed E-state index contributed by atoms with van der Waals surface area (Å²) < 4.78 is 7.47. The highest BCUT2D eigenvalue weighted by molar-refractivity contribution is 7.25. The molecule has 11 rings (SSSR count). The van der Waals surface area contributed by atoms with Crippen molar-refractivity contribution >= 4 is 75.1 Å². The van der Waals surface area contributed by atoms with Crippen molar-refractivity contribution < 1.29 is 0 Å². The molecule has 0 radical (unpaired) electrons. The molecule has 0 saturated heterocycles. The van der Waals surface area contributed by atoms with Crippen LogP contribution in [-0.4, -0.2) is 9.13 Å². The normalized spacial score (nSPS) is 11.9. The molecule has 0 saturated carbocycles. The van der Waals surface area contributed by atoms with Crippen molar-refractivity contribution in [2.24, 2.45) is 0 Å². The predicted molar refractivity (Wildman–Crippen MR) is 219 cm³/mol. The molecule has 3 heteroatoms. The number of thiophene rings is 1. The first kappa shape index (κ1) is 28.4. The summed E-state index contributed by atoms with van der Waals surface area (Å²) in [5, 5.41) is 7.72. The molecular formula is C48H30N2S. The quantitative estimate of drug-likeness (QED) is 0.177. The maximum atomic E-state index is 2.41. The Morgan fingerprint density at radius 1 is 0.314 bits per heavy atom. The lowest BCUT2D eigenvalue weighted by Crippen LogP contribution is -1.94. The van der Waals surface area contributed by atoms with Crippen molar-refractivity contribution in [1.29, 1.82) is 0 Å². The molecule has 0 N–H and O–H groups in total. The highest BCUT2D eigenvalue weighted by Crippen LogP contribution is 2.41. The standard InChI is InChI=1S/C48H30N2S/c1-2-11-34(12-3-1)50-42-17-7-4-13-37(42)39-27-23-33(30-45(39)50)32-24-28-44-41(29-32)38-14-5-8-18-43(38)49(44)35-25-21-31(22-26-35)36-16-10-20-47-48(36)40-15-6-9-19-46(40)51-47/h1-30H. The Kier molecular flexibility index (Phi) is 6.16. The first-order valence-electron chi connectivity index (χ1n) is 17.4. The molecule has 8 aromatic carbocycles. The molecule has 3 aromatic heterocycles. The van der Waals surface area contributed by atoms with Crippen LogP contribution in [0.15, 0.2) is 182 Å². The average molecular weight is 667 g/mol. The van der Waals surface area contributed by atoms with E-state index in [9.17, 15) is 0 Å². The van der Waals surface area contributed by atoms with E-state index in [1.54, 1.807) is 0 Å². The molecule has 51 heavy (non-hydrogen) atoms. The first-order valence-corrected chi connectivity index (χ1v) is 18.3. The average Bonchev–Trinajstić information content (AvgIpc) is 3.85. The van der Waals surface area contributed by atoms with Crippen LogP contribution in [0.4, 0.5) is 0 Å². The van der Waals surface area contributed by atoms with E-state index in [1.165, 1.54) is 91.7 Å². The van der Waals surface area contributed by atoms with Gasteiger partial charge in [-0.25, -0.2) is 0 Å². The van der Waals surface area contributed by atoms with Gasteiger partial charge in [-0.3, -0.25) is 0 Å². The maximum Gasteiger partial charge on any atom is 0.0547 e. The van der Waals surface area contributed by atoms with Crippen molar-refractivity contribution in [2.75, 3.05) is 0 Å². The molecule has 0 amide bonds. The topological polar surface area (TPSA) is 9.86 Å². The van der Waals surface area contributed by atoms with Crippen LogP contribution in [0.5, 0.6) is 0 Å². The number of benzene rings is 8. The van der Waals surface area contributed by atoms with Gasteiger partial charge in [0, 0.05) is 53.1 Å². The molecule has 3 heterocycles. The lowest BCUT2D eigenvalue weighted by atomic mass is 9.99. The van der Waals surface area contributed by atoms with E-state index >= 15 is 0 Å². The van der Waals surface area contributed by atoms with Gasteiger partial charge in [0.05, 0.1) is 22.1 Å². The molecule has 0 aliphatic rings. The summed E-state index contributed by atoms with van der Waals surface area (Å²) in [6.07, 6.45) is 0. The second-order valence-corrected chi connectivity index (χ2v) is 14.4. The third-order valence-corrected chi connectivity index (χ3v) is 11.7. The molecule has 0 unspecified atom stereocenters. The largest absolute Gasteiger partial charge is 0.309 e. The lowest BCUT2D eigenvalue weighted by Gasteiger charge is -2.11. The number of nitrogens with zero attached hydrogens (tertiary/aromatic N) is 2. The van der Waals surface area contributed by atoms with Gasteiger partial charge in [0.1, 0.15) is 0 Å². The molecular weight excluding hydrogens is 637 g/mol. The number of rotatable bonds is 4. The van der Waals surface area contributed by atoms with Crippen LogP contribution in [-0.2, 0) is 0 Å². The maximum absolute atomic E-state index is 2.41. The second kappa shape index (κ2) is 11.0. The van der Waals surface area contributed by atoms with E-state index in [1.807, 2.05) is 11.3 Å². The van der Waals surface area contributed by atoms with Gasteiger partial charge in [0.15, 0.2) is 0 Å². The number of fused-ring (bicyclic) bond motifs is 9. The molecule has 0 aliphatic carbocycles. The minimum absolute atomic E-state index is 1.16. The van der Waals surface area contributed by atoms with E-state index in [2.05, 4.69) is 191 Å². The van der Waals surface area contributed by atoms with E-state index in [0.717, 1.165) is 5.69 Å². The highest BCUT2D eigenvalue weighted by atomic mass is 32.1. The van der Waals surface area contributed by atoms with E-state index in [4.69, 9.17) is 0 Å². The van der Waals surface area contributed by atoms with Crippen LogP contribution in [0.1, 0.15) is 0 Å². The molecule has 0 aliphatic heterocycles. The van der Waals surface area contributed by atoms with Crippen molar-refractivity contribution in [1.82, 2.24) is 9.13 Å². The first-order chi connectivity index (χ1) is 25.3. The Hall–Kier alpha value is -6.42. The summed E-state index contributed by atoms with van der Waals surface area (Å²) in [5.74, 6) is 0. The second-order valence-electron chi connectivity index (χ2n) is 13.3. The van der Waals surface area contributed by atoms with Gasteiger partial charge in [0.2, 0.25) is 0 Å². The number of para-hydroxylation sites is 3. The van der Waals surface area contributed by atoms with Crippen LogP contribution >= 0.6 is 11.3 Å². The third-order valence-electron chi connectivity index (χ3n) is 10.5. The Bertz CT molecular complexity index is 3120. The third kappa shape index (κ3) is 4.29. The zero-order chi connectivity index (χ0) is 33.5. The molecule has 0 spiro atoms. The number of hydrogen-bond acceptors (Lipinski definition) is 1. The van der Waals surface area contributed by atoms with Crippen LogP contribution in [0.25, 0.3) is 97.4 Å². The van der Waals surface area contributed by atoms with Crippen molar-refractivity contribution in [3.05, 3.63) is 182 Å². The van der Waals surface area contributed by atoms with E-state index < -0.39 is 0 Å². The SMILES string of the molecule is c1ccc(-n2c3ccccc3c3ccc(-c4ccc5c(c4)c4ccccc4n5-c4ccc(-c5cccc6sc7ccccc7c56)cc4)cc32)cc1. The van der Waals surface area contributed by atoms with Gasteiger partial charge in [0.25, 0.3) is 0 Å². The van der Waals surface area contributed by atoms with Gasteiger partial charge in [-0.2, -0.15) is 0 Å². The van der Waals surface area contributed by atoms with Crippen LogP contribution in [0.3, 0.4) is 0 Å². The molecule has 238 valence electrons. The van der Waals surface area contributed by atoms with Gasteiger partial charge in [-0.15, -0.1) is 11.3 Å². The van der Waals surface area contributed by atoms with Crippen LogP contribution in [0, 0.1) is 0 Å². The summed E-state index contributed by atoms with van der Waals surface area (Å²) >= 11 is 1.87. The van der Waals surface area contributed by atoms with Crippen molar-refractivity contribution in [2.45, 2.75) is 0 Å². The fourth-order valence-electron chi connectivity index (χ4n) is 8.24. The molecule has 11 aromatic rings. The summed E-state index contributed by atoms with van der Waals surface area (Å²) in [7, 11) is 0. The van der Waals surface area contributed by atoms with Gasteiger partial charge in [-0.05, 0) is 89.0 Å². The lowest BCUT2D eigenvalue weighted by molar-refractivity contribution is 1.18. The number of hydrogen-bond donors (Lipinski definition) is 0. The van der Waals surface area contributed by atoms with Crippen LogP contribution in [0.2, 0.25) is 0 Å². The number of aromatic nitrogens is 2. The summed E-state index contributed by atoms with van der Waals surface area (Å²) in [6, 6.07) is 66.6. The monoisotopic (exact) mass is 666 g/mol. The molecule has 0 bridgehead atoms. The minimum Gasteiger partial charge on any atom is -0.309 e. The summed E-state index contributed by atoms with van der Waals surface area (Å²) in [6.45, 7) is 0. The van der Waals surface area contributed by atoms with Gasteiger partial charge >= 0.3 is 0 Å². The van der Waals surface area contributed by atoms with Crippen molar-refractivity contribution in [3.8, 4) is 33.6 Å². The Balaban J connectivity index is 1.05. The Morgan fingerprint density at radius 3 is 1.67 bits per heavy atom. The van der Waals surface area contributed by atoms with E-state index in [0.29, 0.717) is 0 Å². The van der Waals surface area contributed by atoms with Gasteiger partial charge < -0.3 is 9.13 Å². The fraction of sp³-hybridized carbons (Fsp3) is 0. The smallest absolute Gasteiger partial charge is 0.0547 e. The Morgan fingerprint density at radius 2 is 0.863 bits per heavy atom. The molecule has 0 atom stereocenters.